The molecular weight excluding hydrogens is 132 g/mol. The van der Waals surface area contributed by atoms with Gasteiger partial charge in [-0.05, 0) is 18.6 Å². The van der Waals surface area contributed by atoms with Gasteiger partial charge < -0.3 is 0 Å². The van der Waals surface area contributed by atoms with Gasteiger partial charge in [0.1, 0.15) is 0 Å². The second-order valence-electron chi connectivity index (χ2n) is 1.80. The van der Waals surface area contributed by atoms with Gasteiger partial charge in [0.2, 0.25) is 0 Å². The van der Waals surface area contributed by atoms with Crippen molar-refractivity contribution in [3.05, 3.63) is 24.3 Å². The van der Waals surface area contributed by atoms with Crippen LogP contribution in [0.15, 0.2) is 24.3 Å². The lowest BCUT2D eigenvalue weighted by molar-refractivity contribution is -0.137. The molecule has 0 spiro atoms. The Bertz CT molecular complexity index is 201. The van der Waals surface area contributed by atoms with Crippen molar-refractivity contribution in [2.75, 3.05) is 0 Å². The number of rotatable bonds is 3. The summed E-state index contributed by atoms with van der Waals surface area (Å²) in [4.78, 5) is 20.3. The van der Waals surface area contributed by atoms with Crippen LogP contribution >= 0.6 is 0 Å². The highest BCUT2D eigenvalue weighted by Crippen LogP contribution is 1.90. The van der Waals surface area contributed by atoms with Crippen molar-refractivity contribution in [2.24, 2.45) is 0 Å². The standard InChI is InChI=1S/C7H7O3/c1-5(2)6(8)3-4-7(9)10/h3-4H,1H2,2H3. The maximum absolute atomic E-state index is 10.6. The van der Waals surface area contributed by atoms with Crippen LogP contribution in [0.3, 0.4) is 0 Å². The van der Waals surface area contributed by atoms with Crippen molar-refractivity contribution >= 4 is 11.8 Å². The first-order valence-electron chi connectivity index (χ1n) is 2.63. The quantitative estimate of drug-likeness (QED) is 0.539. The summed E-state index contributed by atoms with van der Waals surface area (Å²) < 4.78 is 0. The molecule has 0 amide bonds. The third-order valence-electron chi connectivity index (χ3n) is 0.791. The minimum atomic E-state index is -1.38. The Hall–Kier alpha value is -1.38. The minimum Gasteiger partial charge on any atom is -0.290 e. The molecular formula is C7H7O3. The number of hydrogen-bond donors (Lipinski definition) is 0. The van der Waals surface area contributed by atoms with E-state index in [-0.39, 0.29) is 0 Å². The normalized spacial score (nSPS) is 9.70. The Kier molecular flexibility index (Phi) is 3.11. The molecule has 3 heteroatoms. The fraction of sp³-hybridized carbons (Fsp3) is 0.143. The maximum Gasteiger partial charge on any atom is 0.379 e. The van der Waals surface area contributed by atoms with E-state index < -0.39 is 11.8 Å². The highest BCUT2D eigenvalue weighted by molar-refractivity contribution is 6.05. The Labute approximate surface area is 58.7 Å². The molecule has 0 aromatic carbocycles. The van der Waals surface area contributed by atoms with Gasteiger partial charge in [-0.2, -0.15) is 0 Å². The van der Waals surface area contributed by atoms with E-state index in [0.29, 0.717) is 11.6 Å². The maximum atomic E-state index is 10.6. The lowest BCUT2D eigenvalue weighted by Crippen LogP contribution is -1.94. The summed E-state index contributed by atoms with van der Waals surface area (Å²) in [6.07, 6.45) is 1.59. The Morgan fingerprint density at radius 1 is 1.30 bits per heavy atom. The SMILES string of the molecule is C=C(C)C(=O)C=CC([O])=O. The number of hydrogen-bond acceptors (Lipinski definition) is 2. The zero-order valence-corrected chi connectivity index (χ0v) is 5.59. The summed E-state index contributed by atoms with van der Waals surface area (Å²) >= 11 is 0. The number of carbonyl (C=O) groups excluding carboxylic acids is 2. The summed E-state index contributed by atoms with van der Waals surface area (Å²) in [5, 5.41) is 9.75. The summed E-state index contributed by atoms with van der Waals surface area (Å²) in [6.45, 7) is 4.82. The molecule has 3 nitrogen and oxygen atoms in total. The molecule has 0 bridgehead atoms. The molecule has 0 saturated carbocycles. The van der Waals surface area contributed by atoms with Crippen molar-refractivity contribution in [2.45, 2.75) is 6.92 Å². The lowest BCUT2D eigenvalue weighted by Gasteiger charge is -1.85. The molecule has 0 aliphatic heterocycles. The van der Waals surface area contributed by atoms with Crippen molar-refractivity contribution in [3.8, 4) is 0 Å². The zero-order chi connectivity index (χ0) is 8.15. The third-order valence-corrected chi connectivity index (χ3v) is 0.791. The van der Waals surface area contributed by atoms with Crippen LogP contribution in [0, 0.1) is 0 Å². The highest BCUT2D eigenvalue weighted by atomic mass is 16.4. The van der Waals surface area contributed by atoms with Crippen LogP contribution in [0.4, 0.5) is 0 Å². The third kappa shape index (κ3) is 3.60. The van der Waals surface area contributed by atoms with Gasteiger partial charge in [0, 0.05) is 6.08 Å². The molecule has 0 aliphatic carbocycles. The molecule has 0 atom stereocenters. The van der Waals surface area contributed by atoms with Crippen molar-refractivity contribution in [3.63, 3.8) is 0 Å². The van der Waals surface area contributed by atoms with Crippen LogP contribution in [-0.2, 0) is 14.7 Å². The number of ketones is 1. The first-order chi connectivity index (χ1) is 4.54. The Balaban J connectivity index is 4.03. The van der Waals surface area contributed by atoms with Crippen LogP contribution < -0.4 is 0 Å². The molecule has 0 unspecified atom stereocenters. The molecule has 53 valence electrons. The van der Waals surface area contributed by atoms with Crippen molar-refractivity contribution in [1.82, 2.24) is 0 Å². The minimum absolute atomic E-state index is 0.303. The molecule has 0 saturated heterocycles. The van der Waals surface area contributed by atoms with E-state index in [2.05, 4.69) is 6.58 Å². The summed E-state index contributed by atoms with van der Waals surface area (Å²) in [7, 11) is 0. The largest absolute Gasteiger partial charge is 0.379 e. The average molecular weight is 139 g/mol. The fourth-order valence-corrected chi connectivity index (χ4v) is 0.286. The molecule has 0 rings (SSSR count). The molecule has 10 heavy (non-hydrogen) atoms. The number of allylic oxidation sites excluding steroid dienone is 2. The van der Waals surface area contributed by atoms with Crippen molar-refractivity contribution in [1.29, 1.82) is 0 Å². The molecule has 0 aromatic rings. The van der Waals surface area contributed by atoms with Crippen LogP contribution in [-0.4, -0.2) is 11.8 Å². The summed E-state index contributed by atoms with van der Waals surface area (Å²) in [5.74, 6) is -1.78. The fourth-order valence-electron chi connectivity index (χ4n) is 0.286. The van der Waals surface area contributed by atoms with E-state index >= 15 is 0 Å². The van der Waals surface area contributed by atoms with Gasteiger partial charge >= 0.3 is 5.97 Å². The molecule has 0 aromatic heterocycles. The monoisotopic (exact) mass is 139 g/mol. The molecule has 0 fully saturated rings. The highest BCUT2D eigenvalue weighted by Gasteiger charge is 1.96. The molecule has 1 radical (unpaired) electrons. The first kappa shape index (κ1) is 8.62. The predicted molar refractivity (Wildman–Crippen MR) is 34.7 cm³/mol. The first-order valence-corrected chi connectivity index (χ1v) is 2.63. The van der Waals surface area contributed by atoms with E-state index in [1.54, 1.807) is 0 Å². The Morgan fingerprint density at radius 2 is 1.80 bits per heavy atom. The van der Waals surface area contributed by atoms with Crippen molar-refractivity contribution < 1.29 is 14.7 Å². The molecule has 0 aliphatic rings. The topological polar surface area (TPSA) is 54.0 Å². The smallest absolute Gasteiger partial charge is 0.290 e. The van der Waals surface area contributed by atoms with Gasteiger partial charge in [-0.1, -0.05) is 6.58 Å². The molecule has 0 heterocycles. The van der Waals surface area contributed by atoms with Gasteiger partial charge in [0.05, 0.1) is 0 Å². The Morgan fingerprint density at radius 3 is 2.10 bits per heavy atom. The van der Waals surface area contributed by atoms with E-state index in [0.717, 1.165) is 6.08 Å². The van der Waals surface area contributed by atoms with E-state index in [1.807, 2.05) is 0 Å². The van der Waals surface area contributed by atoms with Gasteiger partial charge in [-0.15, -0.1) is 0 Å². The average Bonchev–Trinajstić information content (AvgIpc) is 1.82. The predicted octanol–water partition coefficient (Wildman–Crippen LogP) is 0.645. The number of carbonyl (C=O) groups is 2. The van der Waals surface area contributed by atoms with E-state index in [9.17, 15) is 14.7 Å². The van der Waals surface area contributed by atoms with Crippen LogP contribution in [0.1, 0.15) is 6.92 Å². The van der Waals surface area contributed by atoms with Gasteiger partial charge in [-0.25, -0.2) is 9.90 Å². The second kappa shape index (κ2) is 3.61. The summed E-state index contributed by atoms with van der Waals surface area (Å²) in [5.41, 5.74) is 0.303. The zero-order valence-electron chi connectivity index (χ0n) is 5.59. The molecule has 0 N–H and O–H groups in total. The lowest BCUT2D eigenvalue weighted by atomic mass is 10.2. The van der Waals surface area contributed by atoms with Gasteiger partial charge in [0.25, 0.3) is 0 Å². The summed E-state index contributed by atoms with van der Waals surface area (Å²) in [6, 6.07) is 0. The van der Waals surface area contributed by atoms with Crippen LogP contribution in [0.2, 0.25) is 0 Å². The van der Waals surface area contributed by atoms with Crippen LogP contribution in [0.5, 0.6) is 0 Å². The van der Waals surface area contributed by atoms with Gasteiger partial charge in [-0.3, -0.25) is 4.79 Å². The van der Waals surface area contributed by atoms with Crippen LogP contribution in [0.25, 0.3) is 0 Å². The second-order valence-corrected chi connectivity index (χ2v) is 1.80. The van der Waals surface area contributed by atoms with E-state index in [1.165, 1.54) is 6.92 Å². The van der Waals surface area contributed by atoms with E-state index in [4.69, 9.17) is 0 Å². The van der Waals surface area contributed by atoms with Gasteiger partial charge in [0.15, 0.2) is 5.78 Å².